The largest absolute Gasteiger partial charge is 0.383 e. The number of halogens is 1. The summed E-state index contributed by atoms with van der Waals surface area (Å²) in [7, 11) is 1.68. The van der Waals surface area contributed by atoms with Gasteiger partial charge < -0.3 is 19.9 Å². The van der Waals surface area contributed by atoms with E-state index in [2.05, 4.69) is 32.4 Å². The number of aryl methyl sites for hydroxylation is 1. The van der Waals surface area contributed by atoms with Crippen molar-refractivity contribution in [2.24, 2.45) is 0 Å². The second-order valence-corrected chi connectivity index (χ2v) is 6.72. The lowest BCUT2D eigenvalue weighted by atomic mass is 10.1. The van der Waals surface area contributed by atoms with Gasteiger partial charge in [0.15, 0.2) is 0 Å². The van der Waals surface area contributed by atoms with E-state index in [1.807, 2.05) is 25.1 Å². The van der Waals surface area contributed by atoms with Crippen LogP contribution in [-0.4, -0.2) is 35.8 Å². The monoisotopic (exact) mass is 386 g/mol. The minimum absolute atomic E-state index is 0.254. The molecule has 0 bridgehead atoms. The van der Waals surface area contributed by atoms with Gasteiger partial charge in [-0.25, -0.2) is 9.78 Å². The molecule has 142 valence electrons. The van der Waals surface area contributed by atoms with Gasteiger partial charge in [-0.2, -0.15) is 0 Å². The van der Waals surface area contributed by atoms with Gasteiger partial charge >= 0.3 is 6.03 Å². The highest BCUT2D eigenvalue weighted by atomic mass is 35.5. The Morgan fingerprint density at radius 2 is 2.19 bits per heavy atom. The van der Waals surface area contributed by atoms with Crippen molar-refractivity contribution in [1.29, 1.82) is 0 Å². The molecule has 2 aromatic heterocycles. The zero-order valence-electron chi connectivity index (χ0n) is 15.5. The predicted molar refractivity (Wildman–Crippen MR) is 109 cm³/mol. The number of hydrogen-bond acceptors (Lipinski definition) is 3. The van der Waals surface area contributed by atoms with Gasteiger partial charge in [0.05, 0.1) is 6.61 Å². The average Bonchev–Trinajstić information content (AvgIpc) is 3.01. The Balaban J connectivity index is 1.59. The summed E-state index contributed by atoms with van der Waals surface area (Å²) in [6.45, 7) is 3.81. The Bertz CT molecular complexity index is 939. The second kappa shape index (κ2) is 8.88. The van der Waals surface area contributed by atoms with Crippen LogP contribution >= 0.6 is 11.6 Å². The van der Waals surface area contributed by atoms with Gasteiger partial charge in [-0.15, -0.1) is 0 Å². The van der Waals surface area contributed by atoms with Crippen LogP contribution in [0.1, 0.15) is 11.1 Å². The number of fused-ring (bicyclic) bond motifs is 1. The normalized spacial score (nSPS) is 10.9. The highest BCUT2D eigenvalue weighted by Gasteiger charge is 2.10. The van der Waals surface area contributed by atoms with Crippen molar-refractivity contribution in [3.8, 4) is 0 Å². The molecule has 0 aliphatic heterocycles. The molecule has 0 atom stereocenters. The minimum atomic E-state index is -0.254. The van der Waals surface area contributed by atoms with Crippen LogP contribution < -0.4 is 10.6 Å². The van der Waals surface area contributed by atoms with Crippen molar-refractivity contribution in [2.75, 3.05) is 25.6 Å². The highest BCUT2D eigenvalue weighted by molar-refractivity contribution is 6.31. The predicted octanol–water partition coefficient (Wildman–Crippen LogP) is 4.01. The number of methoxy groups -OCH3 is 1. The summed E-state index contributed by atoms with van der Waals surface area (Å²) in [6.07, 6.45) is 4.58. The molecule has 6 nitrogen and oxygen atoms in total. The number of carbonyl (C=O) groups is 1. The fourth-order valence-corrected chi connectivity index (χ4v) is 3.09. The lowest BCUT2D eigenvalue weighted by Crippen LogP contribution is -2.30. The highest BCUT2D eigenvalue weighted by Crippen LogP contribution is 2.21. The third-order valence-electron chi connectivity index (χ3n) is 4.36. The molecule has 27 heavy (non-hydrogen) atoms. The van der Waals surface area contributed by atoms with Gasteiger partial charge in [-0.05, 0) is 48.7 Å². The van der Waals surface area contributed by atoms with Gasteiger partial charge in [0.2, 0.25) is 0 Å². The maximum atomic E-state index is 12.1. The Kier molecular flexibility index (Phi) is 6.32. The number of nitrogens with one attached hydrogen (secondary N) is 2. The maximum absolute atomic E-state index is 12.1. The molecule has 0 radical (unpaired) electrons. The van der Waals surface area contributed by atoms with Gasteiger partial charge in [-0.1, -0.05) is 17.7 Å². The first-order valence-electron chi connectivity index (χ1n) is 8.81. The first-order chi connectivity index (χ1) is 13.1. The Morgan fingerprint density at radius 1 is 1.33 bits per heavy atom. The van der Waals surface area contributed by atoms with E-state index < -0.39 is 0 Å². The van der Waals surface area contributed by atoms with Gasteiger partial charge in [0.25, 0.3) is 0 Å². The van der Waals surface area contributed by atoms with Crippen LogP contribution in [0.2, 0.25) is 5.02 Å². The van der Waals surface area contributed by atoms with E-state index in [9.17, 15) is 4.79 Å². The molecule has 0 saturated carbocycles. The number of ether oxygens (including phenoxy) is 1. The molecule has 0 spiro atoms. The number of benzene rings is 1. The third-order valence-corrected chi connectivity index (χ3v) is 4.77. The molecule has 0 aliphatic rings. The van der Waals surface area contributed by atoms with E-state index in [0.717, 1.165) is 28.7 Å². The Hall–Kier alpha value is -2.57. The summed E-state index contributed by atoms with van der Waals surface area (Å²) in [5, 5.41) is 7.41. The lowest BCUT2D eigenvalue weighted by Gasteiger charge is -2.08. The zero-order valence-corrected chi connectivity index (χ0v) is 16.2. The molecule has 1 aromatic carbocycles. The fourth-order valence-electron chi connectivity index (χ4n) is 2.91. The van der Waals surface area contributed by atoms with Crippen LogP contribution in [0.4, 0.5) is 10.5 Å². The molecular formula is C20H23ClN4O2. The van der Waals surface area contributed by atoms with Crippen LogP contribution in [-0.2, 0) is 17.7 Å². The summed E-state index contributed by atoms with van der Waals surface area (Å²) in [4.78, 5) is 16.6. The van der Waals surface area contributed by atoms with Crippen molar-refractivity contribution >= 4 is 34.4 Å². The van der Waals surface area contributed by atoms with Crippen molar-refractivity contribution in [2.45, 2.75) is 19.9 Å². The van der Waals surface area contributed by atoms with Crippen LogP contribution in [0.25, 0.3) is 11.0 Å². The first kappa shape index (κ1) is 19.2. The van der Waals surface area contributed by atoms with E-state index in [1.165, 1.54) is 0 Å². The number of pyridine rings is 1. The van der Waals surface area contributed by atoms with E-state index in [0.29, 0.717) is 30.3 Å². The molecule has 7 heteroatoms. The second-order valence-electron chi connectivity index (χ2n) is 6.31. The van der Waals surface area contributed by atoms with E-state index >= 15 is 0 Å². The van der Waals surface area contributed by atoms with Gasteiger partial charge in [0, 0.05) is 48.7 Å². The average molecular weight is 387 g/mol. The van der Waals surface area contributed by atoms with Crippen LogP contribution in [0.5, 0.6) is 0 Å². The molecule has 0 fully saturated rings. The van der Waals surface area contributed by atoms with Crippen LogP contribution in [0, 0.1) is 6.92 Å². The summed E-state index contributed by atoms with van der Waals surface area (Å²) >= 11 is 6.09. The zero-order chi connectivity index (χ0) is 19.2. The molecule has 2 heterocycles. The minimum Gasteiger partial charge on any atom is -0.383 e. The fraction of sp³-hybridized carbons (Fsp3) is 0.300. The molecule has 2 N–H and O–H groups in total. The number of carbonyl (C=O) groups excluding carboxylic acids is 1. The lowest BCUT2D eigenvalue weighted by molar-refractivity contribution is 0.188. The quantitative estimate of drug-likeness (QED) is 0.644. The molecule has 0 aliphatic carbocycles. The van der Waals surface area contributed by atoms with Crippen molar-refractivity contribution < 1.29 is 9.53 Å². The van der Waals surface area contributed by atoms with Gasteiger partial charge in [0.1, 0.15) is 5.65 Å². The number of rotatable bonds is 7. The van der Waals surface area contributed by atoms with E-state index in [4.69, 9.17) is 16.3 Å². The number of aromatic nitrogens is 2. The summed E-state index contributed by atoms with van der Waals surface area (Å²) in [5.41, 5.74) is 3.72. The number of amides is 2. The van der Waals surface area contributed by atoms with Crippen molar-refractivity contribution in [3.63, 3.8) is 0 Å². The van der Waals surface area contributed by atoms with Crippen molar-refractivity contribution in [3.05, 3.63) is 58.9 Å². The van der Waals surface area contributed by atoms with Crippen LogP contribution in [0.15, 0.2) is 42.7 Å². The first-order valence-corrected chi connectivity index (χ1v) is 9.19. The molecular weight excluding hydrogens is 364 g/mol. The molecule has 2 amide bonds. The number of nitrogens with zero attached hydrogens (tertiary/aromatic N) is 2. The number of anilines is 1. The van der Waals surface area contributed by atoms with Gasteiger partial charge in [-0.3, -0.25) is 0 Å². The number of hydrogen-bond donors (Lipinski definition) is 2. The van der Waals surface area contributed by atoms with E-state index in [1.54, 1.807) is 19.4 Å². The van der Waals surface area contributed by atoms with Crippen LogP contribution in [0.3, 0.4) is 0 Å². The summed E-state index contributed by atoms with van der Waals surface area (Å²) in [6, 6.07) is 9.17. The molecule has 0 unspecified atom stereocenters. The Morgan fingerprint density at radius 3 is 2.96 bits per heavy atom. The standard InChI is InChI=1S/C20H23ClN4O2/c1-14-5-6-16(12-18(14)21)24-20(26)23-9-7-15-13-25(10-11-27-2)19-17(15)4-3-8-22-19/h3-6,8,12-13H,7,9-11H2,1-2H3,(H2,23,24,26). The summed E-state index contributed by atoms with van der Waals surface area (Å²) in [5.74, 6) is 0. The molecule has 3 rings (SSSR count). The van der Waals surface area contributed by atoms with Crippen molar-refractivity contribution in [1.82, 2.24) is 14.9 Å². The topological polar surface area (TPSA) is 68.2 Å². The molecule has 0 saturated heterocycles. The smallest absolute Gasteiger partial charge is 0.319 e. The van der Waals surface area contributed by atoms with E-state index in [-0.39, 0.29) is 6.03 Å². The number of urea groups is 1. The summed E-state index contributed by atoms with van der Waals surface area (Å²) < 4.78 is 7.25. The third kappa shape index (κ3) is 4.78. The SMILES string of the molecule is COCCn1cc(CCNC(=O)Nc2ccc(C)c(Cl)c2)c2cccnc21. The molecule has 3 aromatic rings. The Labute approximate surface area is 163 Å². The maximum Gasteiger partial charge on any atom is 0.319 e.